The molecule has 1 aliphatic heterocycles. The lowest BCUT2D eigenvalue weighted by atomic mass is 9.99. The Hall–Kier alpha value is -0.210. The fourth-order valence-electron chi connectivity index (χ4n) is 2.43. The van der Waals surface area contributed by atoms with E-state index in [0.717, 1.165) is 19.4 Å². The Morgan fingerprint density at radius 3 is 2.81 bits per heavy atom. The van der Waals surface area contributed by atoms with Crippen molar-refractivity contribution in [2.75, 3.05) is 39.4 Å². The third-order valence-electron chi connectivity index (χ3n) is 3.59. The first-order valence-electron chi connectivity index (χ1n) is 8.01. The minimum Gasteiger partial charge on any atom is -0.382 e. The quantitative estimate of drug-likeness (QED) is 0.588. The second kappa shape index (κ2) is 9.74. The molecule has 0 aliphatic carbocycles. The third-order valence-corrected chi connectivity index (χ3v) is 5.17. The van der Waals surface area contributed by atoms with Crippen LogP contribution in [0.1, 0.15) is 40.0 Å². The zero-order chi connectivity index (χ0) is 15.7. The first-order valence-corrected chi connectivity index (χ1v) is 9.45. The van der Waals surface area contributed by atoms with Gasteiger partial charge in [0.25, 0.3) is 10.2 Å². The van der Waals surface area contributed by atoms with Crippen molar-refractivity contribution in [1.82, 2.24) is 14.3 Å². The van der Waals surface area contributed by atoms with Crippen molar-refractivity contribution in [3.8, 4) is 0 Å². The number of piperidine rings is 1. The summed E-state index contributed by atoms with van der Waals surface area (Å²) in [5.41, 5.74) is 0. The van der Waals surface area contributed by atoms with Gasteiger partial charge in [0.15, 0.2) is 0 Å². The van der Waals surface area contributed by atoms with Crippen molar-refractivity contribution >= 4 is 10.2 Å². The molecule has 1 rings (SSSR count). The highest BCUT2D eigenvalue weighted by molar-refractivity contribution is 7.87. The van der Waals surface area contributed by atoms with Crippen LogP contribution < -0.4 is 10.0 Å². The Balaban J connectivity index is 2.35. The second-order valence-electron chi connectivity index (χ2n) is 5.88. The van der Waals surface area contributed by atoms with E-state index in [-0.39, 0.29) is 0 Å². The standard InChI is InChI=1S/C14H31N3O3S/c1-4-20-10-6-8-16-21(18,19)17-9-5-7-14(12-17)11-15-13(2)3/h13-16H,4-12H2,1-3H3. The minimum atomic E-state index is -3.34. The summed E-state index contributed by atoms with van der Waals surface area (Å²) < 4.78 is 34.0. The predicted molar refractivity (Wildman–Crippen MR) is 85.5 cm³/mol. The molecule has 0 radical (unpaired) electrons. The normalized spacial score (nSPS) is 21.0. The third kappa shape index (κ3) is 7.56. The lowest BCUT2D eigenvalue weighted by Gasteiger charge is -2.32. The molecule has 126 valence electrons. The SMILES string of the molecule is CCOCCCNS(=O)(=O)N1CCCC(CNC(C)C)C1. The molecule has 6 nitrogen and oxygen atoms in total. The van der Waals surface area contributed by atoms with E-state index in [0.29, 0.717) is 51.2 Å². The molecule has 0 bridgehead atoms. The molecule has 1 unspecified atom stereocenters. The van der Waals surface area contributed by atoms with Gasteiger partial charge in [0.2, 0.25) is 0 Å². The number of hydrogen-bond acceptors (Lipinski definition) is 4. The Morgan fingerprint density at radius 2 is 2.14 bits per heavy atom. The fourth-order valence-corrected chi connectivity index (χ4v) is 3.79. The highest BCUT2D eigenvalue weighted by atomic mass is 32.2. The largest absolute Gasteiger partial charge is 0.382 e. The van der Waals surface area contributed by atoms with Gasteiger partial charge in [-0.05, 0) is 38.6 Å². The van der Waals surface area contributed by atoms with Crippen LogP contribution in [0.3, 0.4) is 0 Å². The molecule has 1 heterocycles. The molecule has 7 heteroatoms. The molecule has 1 atom stereocenters. The van der Waals surface area contributed by atoms with E-state index in [1.54, 1.807) is 4.31 Å². The maximum atomic E-state index is 12.3. The number of nitrogens with one attached hydrogen (secondary N) is 2. The monoisotopic (exact) mass is 321 g/mol. The zero-order valence-corrected chi connectivity index (χ0v) is 14.4. The summed E-state index contributed by atoms with van der Waals surface area (Å²) in [4.78, 5) is 0. The maximum absolute atomic E-state index is 12.3. The van der Waals surface area contributed by atoms with Crippen LogP contribution in [0.4, 0.5) is 0 Å². The first-order chi connectivity index (χ1) is 9.95. The van der Waals surface area contributed by atoms with Gasteiger partial charge < -0.3 is 10.1 Å². The molecule has 0 saturated carbocycles. The summed E-state index contributed by atoms with van der Waals surface area (Å²) in [7, 11) is -3.34. The summed E-state index contributed by atoms with van der Waals surface area (Å²) in [5, 5.41) is 3.40. The van der Waals surface area contributed by atoms with Gasteiger partial charge in [-0.3, -0.25) is 0 Å². The molecule has 1 fully saturated rings. The van der Waals surface area contributed by atoms with E-state index >= 15 is 0 Å². The van der Waals surface area contributed by atoms with Gasteiger partial charge in [-0.15, -0.1) is 0 Å². The van der Waals surface area contributed by atoms with Gasteiger partial charge in [-0.1, -0.05) is 13.8 Å². The molecule has 21 heavy (non-hydrogen) atoms. The van der Waals surface area contributed by atoms with Crippen LogP contribution in [-0.2, 0) is 14.9 Å². The average Bonchev–Trinajstić information content (AvgIpc) is 2.45. The van der Waals surface area contributed by atoms with Crippen LogP contribution in [0, 0.1) is 5.92 Å². The average molecular weight is 321 g/mol. The van der Waals surface area contributed by atoms with Crippen LogP contribution in [0.5, 0.6) is 0 Å². The highest BCUT2D eigenvalue weighted by Crippen LogP contribution is 2.18. The van der Waals surface area contributed by atoms with Crippen molar-refractivity contribution in [2.24, 2.45) is 5.92 Å². The number of nitrogens with zero attached hydrogens (tertiary/aromatic N) is 1. The van der Waals surface area contributed by atoms with E-state index in [2.05, 4.69) is 23.9 Å². The van der Waals surface area contributed by atoms with E-state index in [1.807, 2.05) is 6.92 Å². The molecule has 0 aromatic rings. The smallest absolute Gasteiger partial charge is 0.279 e. The van der Waals surface area contributed by atoms with E-state index in [9.17, 15) is 8.42 Å². The summed E-state index contributed by atoms with van der Waals surface area (Å²) >= 11 is 0. The van der Waals surface area contributed by atoms with Gasteiger partial charge >= 0.3 is 0 Å². The number of rotatable bonds is 10. The minimum absolute atomic E-state index is 0.404. The Kier molecular flexibility index (Phi) is 8.73. The molecule has 0 spiro atoms. The van der Waals surface area contributed by atoms with Crippen LogP contribution >= 0.6 is 0 Å². The second-order valence-corrected chi connectivity index (χ2v) is 7.63. The molecule has 1 saturated heterocycles. The van der Waals surface area contributed by atoms with E-state index in [1.165, 1.54) is 0 Å². The number of ether oxygens (including phenoxy) is 1. The number of hydrogen-bond donors (Lipinski definition) is 2. The lowest BCUT2D eigenvalue weighted by Crippen LogP contribution is -2.48. The molecular formula is C14H31N3O3S. The summed E-state index contributed by atoms with van der Waals surface area (Å²) in [6, 6.07) is 0.439. The van der Waals surface area contributed by atoms with Crippen molar-refractivity contribution < 1.29 is 13.2 Å². The highest BCUT2D eigenvalue weighted by Gasteiger charge is 2.28. The van der Waals surface area contributed by atoms with Crippen LogP contribution in [0.2, 0.25) is 0 Å². The summed E-state index contributed by atoms with van der Waals surface area (Å²) in [5.74, 6) is 0.404. The molecule has 1 aliphatic rings. The topological polar surface area (TPSA) is 70.7 Å². The van der Waals surface area contributed by atoms with Crippen molar-refractivity contribution in [1.29, 1.82) is 0 Å². The zero-order valence-electron chi connectivity index (χ0n) is 13.6. The fraction of sp³-hybridized carbons (Fsp3) is 1.00. The van der Waals surface area contributed by atoms with Crippen LogP contribution in [0.25, 0.3) is 0 Å². The van der Waals surface area contributed by atoms with Gasteiger partial charge in [0.05, 0.1) is 0 Å². The predicted octanol–water partition coefficient (Wildman–Crippen LogP) is 0.957. The Bertz CT molecular complexity index is 374. The van der Waals surface area contributed by atoms with Crippen molar-refractivity contribution in [3.63, 3.8) is 0 Å². The molecule has 0 aromatic carbocycles. The van der Waals surface area contributed by atoms with E-state index < -0.39 is 10.2 Å². The van der Waals surface area contributed by atoms with Gasteiger partial charge in [0, 0.05) is 38.9 Å². The molecule has 0 amide bonds. The van der Waals surface area contributed by atoms with Gasteiger partial charge in [-0.25, -0.2) is 4.72 Å². The lowest BCUT2D eigenvalue weighted by molar-refractivity contribution is 0.145. The Labute approximate surface area is 129 Å². The molecule has 2 N–H and O–H groups in total. The summed E-state index contributed by atoms with van der Waals surface area (Å²) in [6.07, 6.45) is 2.74. The van der Waals surface area contributed by atoms with Gasteiger partial charge in [0.1, 0.15) is 0 Å². The summed E-state index contributed by atoms with van der Waals surface area (Å²) in [6.45, 7) is 9.97. The first kappa shape index (κ1) is 18.8. The van der Waals surface area contributed by atoms with Crippen LogP contribution in [-0.4, -0.2) is 58.2 Å². The van der Waals surface area contributed by atoms with E-state index in [4.69, 9.17) is 4.74 Å². The Morgan fingerprint density at radius 1 is 1.38 bits per heavy atom. The van der Waals surface area contributed by atoms with Crippen molar-refractivity contribution in [2.45, 2.75) is 46.1 Å². The van der Waals surface area contributed by atoms with Crippen LogP contribution in [0.15, 0.2) is 0 Å². The van der Waals surface area contributed by atoms with Crippen molar-refractivity contribution in [3.05, 3.63) is 0 Å². The maximum Gasteiger partial charge on any atom is 0.279 e. The molecular weight excluding hydrogens is 290 g/mol. The van der Waals surface area contributed by atoms with Gasteiger partial charge in [-0.2, -0.15) is 12.7 Å². The molecule has 0 aromatic heterocycles.